The first kappa shape index (κ1) is 6.56. The van der Waals surface area contributed by atoms with Crippen molar-refractivity contribution in [3.8, 4) is 0 Å². The fourth-order valence-corrected chi connectivity index (χ4v) is 2.30. The highest BCUT2D eigenvalue weighted by atomic mass is 19.2. The van der Waals surface area contributed by atoms with Crippen LogP contribution in [0.15, 0.2) is 0 Å². The summed E-state index contributed by atoms with van der Waals surface area (Å²) in [6.07, 6.45) is 1.43. The second-order valence-corrected chi connectivity index (χ2v) is 3.56. The van der Waals surface area contributed by atoms with Gasteiger partial charge in [0.25, 0.3) is 0 Å². The molecule has 0 amide bonds. The standard InChI is InChI=1S/C8H12F2/c9-7-5-1-2-6(4-3-5)8(7)10/h5-8H,1-4H2. The molecule has 0 aromatic carbocycles. The maximum absolute atomic E-state index is 12.9. The van der Waals surface area contributed by atoms with Gasteiger partial charge in [-0.15, -0.1) is 0 Å². The lowest BCUT2D eigenvalue weighted by Crippen LogP contribution is -2.42. The molecular formula is C8H12F2. The van der Waals surface area contributed by atoms with Crippen molar-refractivity contribution in [3.63, 3.8) is 0 Å². The van der Waals surface area contributed by atoms with E-state index in [0.29, 0.717) is 0 Å². The second-order valence-electron chi connectivity index (χ2n) is 3.56. The molecule has 0 radical (unpaired) electrons. The summed E-state index contributed by atoms with van der Waals surface area (Å²) >= 11 is 0. The van der Waals surface area contributed by atoms with Crippen molar-refractivity contribution in [2.45, 2.75) is 38.0 Å². The highest BCUT2D eigenvalue weighted by Crippen LogP contribution is 2.44. The summed E-state index contributed by atoms with van der Waals surface area (Å²) in [5.74, 6) is 0.111. The van der Waals surface area contributed by atoms with E-state index in [4.69, 9.17) is 0 Å². The van der Waals surface area contributed by atoms with Crippen molar-refractivity contribution in [1.29, 1.82) is 0 Å². The average molecular weight is 146 g/mol. The van der Waals surface area contributed by atoms with Gasteiger partial charge in [0.1, 0.15) is 12.3 Å². The van der Waals surface area contributed by atoms with Gasteiger partial charge in [-0.05, 0) is 37.5 Å². The van der Waals surface area contributed by atoms with Crippen LogP contribution in [0.3, 0.4) is 0 Å². The number of fused-ring (bicyclic) bond motifs is 3. The molecule has 3 rings (SSSR count). The van der Waals surface area contributed by atoms with E-state index >= 15 is 0 Å². The molecule has 3 saturated carbocycles. The molecule has 0 saturated heterocycles. The van der Waals surface area contributed by atoms with Gasteiger partial charge in [0.15, 0.2) is 0 Å². The molecule has 3 aliphatic carbocycles. The minimum absolute atomic E-state index is 0.0556. The Labute approximate surface area is 59.6 Å². The predicted molar refractivity (Wildman–Crippen MR) is 35.2 cm³/mol. The van der Waals surface area contributed by atoms with E-state index in [2.05, 4.69) is 0 Å². The zero-order chi connectivity index (χ0) is 7.14. The molecule has 0 aromatic heterocycles. The van der Waals surface area contributed by atoms with Gasteiger partial charge < -0.3 is 0 Å². The number of rotatable bonds is 0. The molecule has 2 unspecified atom stereocenters. The maximum Gasteiger partial charge on any atom is 0.134 e. The topological polar surface area (TPSA) is 0 Å². The number of hydrogen-bond donors (Lipinski definition) is 0. The Balaban J connectivity index is 2.13. The van der Waals surface area contributed by atoms with Gasteiger partial charge in [-0.25, -0.2) is 8.78 Å². The molecule has 0 aliphatic heterocycles. The summed E-state index contributed by atoms with van der Waals surface area (Å²) in [7, 11) is 0. The molecule has 0 N–H and O–H groups in total. The van der Waals surface area contributed by atoms with Gasteiger partial charge in [-0.2, -0.15) is 0 Å². The largest absolute Gasteiger partial charge is 0.244 e. The van der Waals surface area contributed by atoms with Crippen molar-refractivity contribution in [2.75, 3.05) is 0 Å². The summed E-state index contributed by atoms with van der Waals surface area (Å²) in [5.41, 5.74) is 0. The normalized spacial score (nSPS) is 53.4. The zero-order valence-electron chi connectivity index (χ0n) is 5.89. The SMILES string of the molecule is FC1C2CCC(CC2)C1F. The maximum atomic E-state index is 12.9. The Morgan fingerprint density at radius 3 is 1.20 bits per heavy atom. The van der Waals surface area contributed by atoms with Crippen LogP contribution in [-0.2, 0) is 0 Å². The lowest BCUT2D eigenvalue weighted by molar-refractivity contribution is -0.0228. The van der Waals surface area contributed by atoms with Crippen LogP contribution < -0.4 is 0 Å². The van der Waals surface area contributed by atoms with E-state index in [1.165, 1.54) is 0 Å². The molecule has 58 valence electrons. The van der Waals surface area contributed by atoms with Gasteiger partial charge >= 0.3 is 0 Å². The van der Waals surface area contributed by atoms with E-state index in [-0.39, 0.29) is 11.8 Å². The van der Waals surface area contributed by atoms with E-state index in [1.807, 2.05) is 0 Å². The third kappa shape index (κ3) is 0.774. The number of alkyl halides is 2. The summed E-state index contributed by atoms with van der Waals surface area (Å²) in [6, 6.07) is 0. The Hall–Kier alpha value is -0.140. The second kappa shape index (κ2) is 2.18. The third-order valence-electron chi connectivity index (χ3n) is 3.02. The van der Waals surface area contributed by atoms with Crippen LogP contribution in [0.25, 0.3) is 0 Å². The Kier molecular flexibility index (Phi) is 1.43. The van der Waals surface area contributed by atoms with Crippen molar-refractivity contribution in [3.05, 3.63) is 0 Å². The summed E-state index contributed by atoms with van der Waals surface area (Å²) in [4.78, 5) is 0. The van der Waals surface area contributed by atoms with E-state index in [0.717, 1.165) is 25.7 Å². The molecule has 2 atom stereocenters. The van der Waals surface area contributed by atoms with Crippen LogP contribution in [0.1, 0.15) is 25.7 Å². The first-order valence-electron chi connectivity index (χ1n) is 4.07. The highest BCUT2D eigenvalue weighted by molar-refractivity contribution is 4.93. The Bertz CT molecular complexity index is 107. The van der Waals surface area contributed by atoms with Gasteiger partial charge in [0.05, 0.1) is 0 Å². The van der Waals surface area contributed by atoms with Crippen LogP contribution >= 0.6 is 0 Å². The monoisotopic (exact) mass is 146 g/mol. The van der Waals surface area contributed by atoms with Crippen LogP contribution in [0, 0.1) is 11.8 Å². The van der Waals surface area contributed by atoms with Gasteiger partial charge in [-0.1, -0.05) is 0 Å². The average Bonchev–Trinajstić information content (AvgIpc) is 2.00. The lowest BCUT2D eigenvalue weighted by atomic mass is 9.69. The molecular weight excluding hydrogens is 134 g/mol. The van der Waals surface area contributed by atoms with Gasteiger partial charge in [0, 0.05) is 0 Å². The number of hydrogen-bond acceptors (Lipinski definition) is 0. The van der Waals surface area contributed by atoms with Crippen LogP contribution in [0.5, 0.6) is 0 Å². The summed E-state index contributed by atoms with van der Waals surface area (Å²) < 4.78 is 25.8. The Morgan fingerprint density at radius 2 is 1.00 bits per heavy atom. The molecule has 2 heteroatoms. The molecule has 3 aliphatic rings. The zero-order valence-corrected chi connectivity index (χ0v) is 5.89. The molecule has 0 spiro atoms. The smallest absolute Gasteiger partial charge is 0.134 e. The summed E-state index contributed by atoms with van der Waals surface area (Å²) in [6.45, 7) is 0. The highest BCUT2D eigenvalue weighted by Gasteiger charge is 2.44. The molecule has 3 fully saturated rings. The fraction of sp³-hybridized carbons (Fsp3) is 1.00. The fourth-order valence-electron chi connectivity index (χ4n) is 2.30. The van der Waals surface area contributed by atoms with E-state index in [9.17, 15) is 8.78 Å². The Morgan fingerprint density at radius 1 is 0.700 bits per heavy atom. The minimum atomic E-state index is -1.13. The van der Waals surface area contributed by atoms with E-state index in [1.54, 1.807) is 0 Å². The van der Waals surface area contributed by atoms with Crippen molar-refractivity contribution >= 4 is 0 Å². The quantitative estimate of drug-likeness (QED) is 0.492. The molecule has 0 heterocycles. The molecule has 0 nitrogen and oxygen atoms in total. The molecule has 2 bridgehead atoms. The first-order chi connectivity index (χ1) is 4.79. The first-order valence-corrected chi connectivity index (χ1v) is 4.07. The van der Waals surface area contributed by atoms with Crippen molar-refractivity contribution < 1.29 is 8.78 Å². The van der Waals surface area contributed by atoms with Crippen LogP contribution in [0.4, 0.5) is 8.78 Å². The van der Waals surface area contributed by atoms with Gasteiger partial charge in [0.2, 0.25) is 0 Å². The van der Waals surface area contributed by atoms with Crippen molar-refractivity contribution in [2.24, 2.45) is 11.8 Å². The predicted octanol–water partition coefficient (Wildman–Crippen LogP) is 2.48. The van der Waals surface area contributed by atoms with Crippen LogP contribution in [0.2, 0.25) is 0 Å². The minimum Gasteiger partial charge on any atom is -0.244 e. The van der Waals surface area contributed by atoms with Crippen molar-refractivity contribution in [1.82, 2.24) is 0 Å². The summed E-state index contributed by atoms with van der Waals surface area (Å²) in [5, 5.41) is 0. The number of halogens is 2. The van der Waals surface area contributed by atoms with E-state index < -0.39 is 12.3 Å². The molecule has 0 aromatic rings. The van der Waals surface area contributed by atoms with Gasteiger partial charge in [-0.3, -0.25) is 0 Å². The van der Waals surface area contributed by atoms with Crippen LogP contribution in [-0.4, -0.2) is 12.3 Å². The third-order valence-corrected chi connectivity index (χ3v) is 3.02. The lowest BCUT2D eigenvalue weighted by Gasteiger charge is -2.40. The molecule has 10 heavy (non-hydrogen) atoms.